The first-order chi connectivity index (χ1) is 8.32. The molecule has 0 fully saturated rings. The lowest BCUT2D eigenvalue weighted by Gasteiger charge is -2.25. The number of benzene rings is 1. The van der Waals surface area contributed by atoms with Crippen molar-refractivity contribution in [2.24, 2.45) is 5.41 Å². The number of para-hydroxylation sites is 1. The highest BCUT2D eigenvalue weighted by molar-refractivity contribution is 9.09. The van der Waals surface area contributed by atoms with E-state index in [1.807, 2.05) is 12.1 Å². The van der Waals surface area contributed by atoms with Crippen molar-refractivity contribution in [2.45, 2.75) is 44.9 Å². The summed E-state index contributed by atoms with van der Waals surface area (Å²) in [7, 11) is 0. The summed E-state index contributed by atoms with van der Waals surface area (Å²) >= 11 is 3.69. The second kappa shape index (κ2) is 6.32. The summed E-state index contributed by atoms with van der Waals surface area (Å²) in [6.45, 7) is 6.58. The Morgan fingerprint density at radius 3 is 2.50 bits per heavy atom. The molecular weight excluding hydrogens is 294 g/mol. The van der Waals surface area contributed by atoms with Gasteiger partial charge in [0.1, 0.15) is 0 Å². The van der Waals surface area contributed by atoms with Gasteiger partial charge in [-0.1, -0.05) is 54.9 Å². The van der Waals surface area contributed by atoms with Crippen molar-refractivity contribution in [3.8, 4) is 0 Å². The number of rotatable bonds is 5. The van der Waals surface area contributed by atoms with Crippen molar-refractivity contribution >= 4 is 21.6 Å². The maximum absolute atomic E-state index is 10.9. The van der Waals surface area contributed by atoms with Crippen LogP contribution in [0.5, 0.6) is 0 Å². The maximum atomic E-state index is 10.9. The summed E-state index contributed by atoms with van der Waals surface area (Å²) in [5, 5.41) is 10.9. The molecule has 1 rings (SSSR count). The Labute approximate surface area is 117 Å². The molecule has 1 aromatic carbocycles. The first kappa shape index (κ1) is 15.2. The fourth-order valence-corrected chi connectivity index (χ4v) is 2.13. The molecule has 3 nitrogen and oxygen atoms in total. The molecule has 0 heterocycles. The first-order valence-corrected chi connectivity index (χ1v) is 7.10. The lowest BCUT2D eigenvalue weighted by molar-refractivity contribution is -0.385. The van der Waals surface area contributed by atoms with Gasteiger partial charge in [0.25, 0.3) is 5.69 Å². The van der Waals surface area contributed by atoms with E-state index in [9.17, 15) is 10.1 Å². The van der Waals surface area contributed by atoms with Crippen molar-refractivity contribution in [2.75, 3.05) is 0 Å². The molecule has 0 aliphatic carbocycles. The molecule has 0 radical (unpaired) electrons. The average molecular weight is 314 g/mol. The number of hydrogen-bond donors (Lipinski definition) is 0. The van der Waals surface area contributed by atoms with Gasteiger partial charge in [-0.2, -0.15) is 0 Å². The third-order valence-electron chi connectivity index (χ3n) is 3.03. The molecule has 0 aliphatic rings. The van der Waals surface area contributed by atoms with Crippen molar-refractivity contribution in [1.29, 1.82) is 0 Å². The minimum Gasteiger partial charge on any atom is -0.258 e. The number of nitro groups is 1. The van der Waals surface area contributed by atoms with Crippen LogP contribution in [0.3, 0.4) is 0 Å². The van der Waals surface area contributed by atoms with Gasteiger partial charge in [-0.05, 0) is 24.7 Å². The Morgan fingerprint density at radius 2 is 1.94 bits per heavy atom. The molecule has 0 saturated heterocycles. The van der Waals surface area contributed by atoms with Gasteiger partial charge < -0.3 is 0 Å². The van der Waals surface area contributed by atoms with Crippen molar-refractivity contribution in [1.82, 2.24) is 0 Å². The molecule has 1 atom stereocenters. The average Bonchev–Trinajstić information content (AvgIpc) is 2.28. The molecule has 0 bridgehead atoms. The Morgan fingerprint density at radius 1 is 1.33 bits per heavy atom. The van der Waals surface area contributed by atoms with Crippen LogP contribution < -0.4 is 0 Å². The lowest BCUT2D eigenvalue weighted by atomic mass is 9.89. The van der Waals surface area contributed by atoms with E-state index < -0.39 is 0 Å². The van der Waals surface area contributed by atoms with Gasteiger partial charge in [-0.25, -0.2) is 0 Å². The molecular formula is C14H20BrNO2. The fraction of sp³-hybridized carbons (Fsp3) is 0.571. The summed E-state index contributed by atoms with van der Waals surface area (Å²) in [6, 6.07) is 6.99. The molecule has 0 spiro atoms. The number of nitro benzene ring substituents is 1. The van der Waals surface area contributed by atoms with E-state index in [0.717, 1.165) is 24.8 Å². The van der Waals surface area contributed by atoms with Crippen LogP contribution >= 0.6 is 15.9 Å². The summed E-state index contributed by atoms with van der Waals surface area (Å²) in [4.78, 5) is 11.0. The molecule has 0 amide bonds. The molecule has 0 aliphatic heterocycles. The Hall–Kier alpha value is -0.900. The van der Waals surface area contributed by atoms with Crippen LogP contribution in [-0.2, 0) is 6.42 Å². The summed E-state index contributed by atoms with van der Waals surface area (Å²) < 4.78 is 0. The highest BCUT2D eigenvalue weighted by Gasteiger charge is 2.21. The second-order valence-electron chi connectivity index (χ2n) is 5.61. The number of alkyl halides is 1. The van der Waals surface area contributed by atoms with Crippen LogP contribution in [0.2, 0.25) is 0 Å². The predicted molar refractivity (Wildman–Crippen MR) is 78.2 cm³/mol. The molecule has 0 aromatic heterocycles. The second-order valence-corrected chi connectivity index (χ2v) is 6.72. The molecule has 4 heteroatoms. The number of aryl methyl sites for hydroxylation is 1. The Kier molecular flexibility index (Phi) is 5.32. The normalized spacial score (nSPS) is 13.3. The number of nitrogens with zero attached hydrogens (tertiary/aromatic N) is 1. The van der Waals surface area contributed by atoms with Crippen LogP contribution in [0, 0.1) is 15.5 Å². The molecule has 0 N–H and O–H groups in total. The van der Waals surface area contributed by atoms with Gasteiger partial charge in [0.2, 0.25) is 0 Å². The standard InChI is InChI=1S/C14H20BrNO2/c1-14(2,3)13(15)10-6-8-11-7-4-5-9-12(11)16(17)18/h4-5,7,9,13H,6,8,10H2,1-3H3. The number of halogens is 1. The maximum Gasteiger partial charge on any atom is 0.272 e. The van der Waals surface area contributed by atoms with E-state index >= 15 is 0 Å². The highest BCUT2D eigenvalue weighted by atomic mass is 79.9. The van der Waals surface area contributed by atoms with Crippen LogP contribution in [0.15, 0.2) is 24.3 Å². The fourth-order valence-electron chi connectivity index (χ4n) is 1.81. The van der Waals surface area contributed by atoms with Gasteiger partial charge in [0, 0.05) is 16.5 Å². The lowest BCUT2D eigenvalue weighted by Crippen LogP contribution is -2.20. The Balaban J connectivity index is 2.57. The monoisotopic (exact) mass is 313 g/mol. The SMILES string of the molecule is CC(C)(C)C(Br)CCCc1ccccc1[N+](=O)[O-]. The van der Waals surface area contributed by atoms with E-state index in [1.165, 1.54) is 0 Å². The first-order valence-electron chi connectivity index (χ1n) is 6.18. The predicted octanol–water partition coefficient (Wildman–Crippen LogP) is 4.73. The molecule has 1 aromatic rings. The van der Waals surface area contributed by atoms with Crippen molar-refractivity contribution in [3.63, 3.8) is 0 Å². The van der Waals surface area contributed by atoms with Crippen molar-refractivity contribution < 1.29 is 4.92 Å². The number of hydrogen-bond acceptors (Lipinski definition) is 2. The van der Waals surface area contributed by atoms with Crippen molar-refractivity contribution in [3.05, 3.63) is 39.9 Å². The van der Waals surface area contributed by atoms with E-state index in [4.69, 9.17) is 0 Å². The highest BCUT2D eigenvalue weighted by Crippen LogP contribution is 2.30. The smallest absolute Gasteiger partial charge is 0.258 e. The van der Waals surface area contributed by atoms with E-state index in [-0.39, 0.29) is 16.0 Å². The zero-order chi connectivity index (χ0) is 13.8. The van der Waals surface area contributed by atoms with Gasteiger partial charge in [-0.3, -0.25) is 10.1 Å². The van der Waals surface area contributed by atoms with E-state index in [0.29, 0.717) is 4.83 Å². The van der Waals surface area contributed by atoms with Gasteiger partial charge in [-0.15, -0.1) is 0 Å². The largest absolute Gasteiger partial charge is 0.272 e. The minimum absolute atomic E-state index is 0.225. The molecule has 18 heavy (non-hydrogen) atoms. The third kappa shape index (κ3) is 4.41. The van der Waals surface area contributed by atoms with Gasteiger partial charge in [0.15, 0.2) is 0 Å². The van der Waals surface area contributed by atoms with Gasteiger partial charge >= 0.3 is 0 Å². The topological polar surface area (TPSA) is 43.1 Å². The summed E-state index contributed by atoms with van der Waals surface area (Å²) in [5.41, 5.74) is 1.29. The summed E-state index contributed by atoms with van der Waals surface area (Å²) in [6.07, 6.45) is 2.74. The zero-order valence-electron chi connectivity index (χ0n) is 11.1. The minimum atomic E-state index is -0.301. The quantitative estimate of drug-likeness (QED) is 0.448. The van der Waals surface area contributed by atoms with Gasteiger partial charge in [0.05, 0.1) is 4.92 Å². The molecule has 1 unspecified atom stereocenters. The third-order valence-corrected chi connectivity index (χ3v) is 4.86. The zero-order valence-corrected chi connectivity index (χ0v) is 12.7. The Bertz CT molecular complexity index is 413. The van der Waals surface area contributed by atoms with E-state index in [2.05, 4.69) is 36.7 Å². The van der Waals surface area contributed by atoms with Crippen LogP contribution in [-0.4, -0.2) is 9.75 Å². The molecule has 0 saturated carbocycles. The van der Waals surface area contributed by atoms with Crippen LogP contribution in [0.1, 0.15) is 39.2 Å². The van der Waals surface area contributed by atoms with E-state index in [1.54, 1.807) is 12.1 Å². The molecule has 100 valence electrons. The van der Waals surface area contributed by atoms with Crippen LogP contribution in [0.25, 0.3) is 0 Å². The van der Waals surface area contributed by atoms with Crippen LogP contribution in [0.4, 0.5) is 5.69 Å². The summed E-state index contributed by atoms with van der Waals surface area (Å²) in [5.74, 6) is 0.